The third kappa shape index (κ3) is 1.55. The zero-order valence-electron chi connectivity index (χ0n) is 8.19. The van der Waals surface area contributed by atoms with Crippen molar-refractivity contribution in [2.24, 2.45) is 5.73 Å². The van der Waals surface area contributed by atoms with E-state index in [9.17, 15) is 14.4 Å². The van der Waals surface area contributed by atoms with Crippen LogP contribution in [0.15, 0.2) is 0 Å². The average molecular weight is 199 g/mol. The second-order valence-corrected chi connectivity index (χ2v) is 3.67. The molecule has 0 radical (unpaired) electrons. The first kappa shape index (κ1) is 10.5. The number of hydrogen-bond donors (Lipinski definition) is 1. The van der Waals surface area contributed by atoms with E-state index in [-0.39, 0.29) is 19.0 Å². The van der Waals surface area contributed by atoms with Gasteiger partial charge in [0.15, 0.2) is 0 Å². The molecule has 0 saturated carbocycles. The maximum absolute atomic E-state index is 11.4. The van der Waals surface area contributed by atoms with Gasteiger partial charge in [0.05, 0.1) is 0 Å². The van der Waals surface area contributed by atoms with Gasteiger partial charge in [0, 0.05) is 0 Å². The highest BCUT2D eigenvalue weighted by atomic mass is 16.2. The lowest BCUT2D eigenvalue weighted by atomic mass is 10.2. The fourth-order valence-electron chi connectivity index (χ4n) is 1.49. The second kappa shape index (κ2) is 3.28. The highest BCUT2D eigenvalue weighted by Gasteiger charge is 2.44. The highest BCUT2D eigenvalue weighted by Crippen LogP contribution is 2.24. The third-order valence-electron chi connectivity index (χ3n) is 2.41. The zero-order chi connectivity index (χ0) is 10.9. The van der Waals surface area contributed by atoms with Crippen molar-refractivity contribution in [3.63, 3.8) is 0 Å². The number of rotatable bonds is 3. The fraction of sp³-hybridized carbons (Fsp3) is 0.625. The Morgan fingerprint density at radius 3 is 2.57 bits per heavy atom. The van der Waals surface area contributed by atoms with Crippen molar-refractivity contribution in [1.29, 1.82) is 0 Å². The topological polar surface area (TPSA) is 83.7 Å². The van der Waals surface area contributed by atoms with Gasteiger partial charge in [-0.3, -0.25) is 14.4 Å². The van der Waals surface area contributed by atoms with Crippen LogP contribution in [0.5, 0.6) is 0 Å². The molecule has 6 nitrogen and oxygen atoms in total. The molecule has 1 fully saturated rings. The van der Waals surface area contributed by atoms with Crippen LogP contribution in [-0.2, 0) is 14.4 Å². The number of primary amides is 1. The van der Waals surface area contributed by atoms with E-state index in [0.29, 0.717) is 6.41 Å². The first-order valence-electron chi connectivity index (χ1n) is 4.20. The summed E-state index contributed by atoms with van der Waals surface area (Å²) < 4.78 is 0. The van der Waals surface area contributed by atoms with Crippen LogP contribution in [0.4, 0.5) is 0 Å². The van der Waals surface area contributed by atoms with Crippen molar-refractivity contribution in [3.8, 4) is 0 Å². The molecule has 6 heteroatoms. The zero-order valence-corrected chi connectivity index (χ0v) is 8.19. The number of hydrogen-bond acceptors (Lipinski definition) is 3. The summed E-state index contributed by atoms with van der Waals surface area (Å²) >= 11 is 0. The summed E-state index contributed by atoms with van der Waals surface area (Å²) in [6.07, 6.45) is 0.596. The van der Waals surface area contributed by atoms with Crippen LogP contribution >= 0.6 is 0 Å². The highest BCUT2D eigenvalue weighted by molar-refractivity contribution is 5.88. The maximum Gasteiger partial charge on any atom is 0.244 e. The molecule has 1 heterocycles. The summed E-state index contributed by atoms with van der Waals surface area (Å²) in [5.74, 6) is -0.847. The molecular weight excluding hydrogens is 186 g/mol. The van der Waals surface area contributed by atoms with Crippen LogP contribution in [0.1, 0.15) is 13.8 Å². The molecule has 0 aliphatic carbocycles. The molecule has 0 bridgehead atoms. The van der Waals surface area contributed by atoms with Crippen LogP contribution in [0.3, 0.4) is 0 Å². The fourth-order valence-corrected chi connectivity index (χ4v) is 1.49. The number of amides is 3. The minimum atomic E-state index is -0.770. The molecule has 0 aromatic rings. The number of carbonyl (C=O) groups excluding carboxylic acids is 3. The molecule has 2 N–H and O–H groups in total. The molecule has 0 spiro atoms. The van der Waals surface area contributed by atoms with Gasteiger partial charge in [0.25, 0.3) is 0 Å². The van der Waals surface area contributed by atoms with E-state index in [0.717, 1.165) is 0 Å². The summed E-state index contributed by atoms with van der Waals surface area (Å²) in [7, 11) is 0. The Hall–Kier alpha value is -1.59. The van der Waals surface area contributed by atoms with Gasteiger partial charge in [-0.2, -0.15) is 0 Å². The monoisotopic (exact) mass is 199 g/mol. The summed E-state index contributed by atoms with van der Waals surface area (Å²) in [6.45, 7) is 3.23. The Kier molecular flexibility index (Phi) is 2.46. The molecule has 1 rings (SSSR count). The van der Waals surface area contributed by atoms with Crippen LogP contribution in [0.25, 0.3) is 0 Å². The normalized spacial score (nSPS) is 20.0. The van der Waals surface area contributed by atoms with Gasteiger partial charge in [-0.25, -0.2) is 0 Å². The first-order valence-corrected chi connectivity index (χ1v) is 4.20. The van der Waals surface area contributed by atoms with Gasteiger partial charge in [-0.1, -0.05) is 0 Å². The van der Waals surface area contributed by atoms with Crippen LogP contribution < -0.4 is 5.73 Å². The Labute approximate surface area is 81.6 Å². The average Bonchev–Trinajstić information content (AvgIpc) is 2.27. The largest absolute Gasteiger partial charge is 0.368 e. The molecule has 3 amide bonds. The van der Waals surface area contributed by atoms with Crippen LogP contribution in [-0.4, -0.2) is 46.8 Å². The Balaban J connectivity index is 2.89. The van der Waals surface area contributed by atoms with Crippen molar-refractivity contribution in [2.45, 2.75) is 19.5 Å². The summed E-state index contributed by atoms with van der Waals surface area (Å²) in [6, 6.07) is 0. The number of nitrogens with zero attached hydrogens (tertiary/aromatic N) is 2. The molecular formula is C8H13N3O3. The lowest BCUT2D eigenvalue weighted by Crippen LogP contribution is -2.51. The molecule has 1 aliphatic rings. The second-order valence-electron chi connectivity index (χ2n) is 3.67. The SMILES string of the molecule is CC1(C)N(C=O)CC(=O)N1CC(N)=O. The van der Waals surface area contributed by atoms with Crippen molar-refractivity contribution in [3.05, 3.63) is 0 Å². The lowest BCUT2D eigenvalue weighted by Gasteiger charge is -2.34. The van der Waals surface area contributed by atoms with Crippen molar-refractivity contribution < 1.29 is 14.4 Å². The smallest absolute Gasteiger partial charge is 0.244 e. The van der Waals surface area contributed by atoms with Gasteiger partial charge in [0.1, 0.15) is 18.8 Å². The minimum absolute atomic E-state index is 0.00375. The van der Waals surface area contributed by atoms with Crippen molar-refractivity contribution in [2.75, 3.05) is 13.1 Å². The molecule has 0 unspecified atom stereocenters. The van der Waals surface area contributed by atoms with Gasteiger partial charge < -0.3 is 15.5 Å². The van der Waals surface area contributed by atoms with E-state index in [2.05, 4.69) is 0 Å². The minimum Gasteiger partial charge on any atom is -0.368 e. The Morgan fingerprint density at radius 2 is 2.21 bits per heavy atom. The lowest BCUT2D eigenvalue weighted by molar-refractivity contribution is -0.136. The van der Waals surface area contributed by atoms with Gasteiger partial charge in [-0.05, 0) is 13.8 Å². The van der Waals surface area contributed by atoms with Crippen molar-refractivity contribution >= 4 is 18.2 Å². The first-order chi connectivity index (χ1) is 6.39. The molecule has 0 aromatic carbocycles. The van der Waals surface area contributed by atoms with Crippen LogP contribution in [0, 0.1) is 0 Å². The molecule has 0 aromatic heterocycles. The van der Waals surface area contributed by atoms with Gasteiger partial charge >= 0.3 is 0 Å². The molecule has 1 saturated heterocycles. The van der Waals surface area contributed by atoms with E-state index < -0.39 is 11.6 Å². The molecule has 14 heavy (non-hydrogen) atoms. The van der Waals surface area contributed by atoms with Gasteiger partial charge in [0.2, 0.25) is 18.2 Å². The third-order valence-corrected chi connectivity index (χ3v) is 2.41. The standard InChI is InChI=1S/C8H13N3O3/c1-8(2)10(5-12)4-7(14)11(8)3-6(9)13/h5H,3-4H2,1-2H3,(H2,9,13). The van der Waals surface area contributed by atoms with E-state index in [1.54, 1.807) is 13.8 Å². The Bertz CT molecular complexity index is 288. The van der Waals surface area contributed by atoms with E-state index in [4.69, 9.17) is 5.73 Å². The quantitative estimate of drug-likeness (QED) is 0.562. The van der Waals surface area contributed by atoms with E-state index in [1.165, 1.54) is 9.80 Å². The summed E-state index contributed by atoms with van der Waals surface area (Å²) in [5, 5.41) is 0. The predicted octanol–water partition coefficient (Wildman–Crippen LogP) is -1.49. The van der Waals surface area contributed by atoms with Gasteiger partial charge in [-0.15, -0.1) is 0 Å². The molecule has 0 atom stereocenters. The van der Waals surface area contributed by atoms with E-state index >= 15 is 0 Å². The van der Waals surface area contributed by atoms with Crippen molar-refractivity contribution in [1.82, 2.24) is 9.80 Å². The number of nitrogens with two attached hydrogens (primary N) is 1. The Morgan fingerprint density at radius 1 is 1.64 bits per heavy atom. The summed E-state index contributed by atoms with van der Waals surface area (Å²) in [4.78, 5) is 35.4. The predicted molar refractivity (Wildman–Crippen MR) is 47.8 cm³/mol. The number of carbonyl (C=O) groups is 3. The summed E-state index contributed by atoms with van der Waals surface area (Å²) in [5.41, 5.74) is 4.23. The molecule has 78 valence electrons. The van der Waals surface area contributed by atoms with Crippen LogP contribution in [0.2, 0.25) is 0 Å². The molecule has 1 aliphatic heterocycles. The van der Waals surface area contributed by atoms with E-state index in [1.807, 2.05) is 0 Å². The maximum atomic E-state index is 11.4.